The van der Waals surface area contributed by atoms with Gasteiger partial charge in [-0.25, -0.2) is 13.4 Å². The van der Waals surface area contributed by atoms with Crippen molar-refractivity contribution in [3.8, 4) is 16.9 Å². The van der Waals surface area contributed by atoms with Gasteiger partial charge in [0.1, 0.15) is 11.6 Å². The predicted octanol–water partition coefficient (Wildman–Crippen LogP) is 4.63. The number of ether oxygens (including phenoxy) is 1. The molecule has 2 fully saturated rings. The number of aryl methyl sites for hydroxylation is 1. The fourth-order valence-corrected chi connectivity index (χ4v) is 8.97. The van der Waals surface area contributed by atoms with Gasteiger partial charge in [-0.3, -0.25) is 9.21 Å². The van der Waals surface area contributed by atoms with Crippen LogP contribution in [0.2, 0.25) is 0 Å². The summed E-state index contributed by atoms with van der Waals surface area (Å²) in [5.74, 6) is 1.32. The van der Waals surface area contributed by atoms with Crippen LogP contribution in [0.1, 0.15) is 24.0 Å². The third-order valence-corrected chi connectivity index (χ3v) is 12.0. The standard InChI is InChI=1S/C37H46N8O3S/c1-42-20-22-44(23-21-42)29-14-17-43(18-15-29)30-11-12-31(34(25-30)48-2)32-26-39-37(38)41-36(32)40-33-10-6-9-28-13-19-45(35(28)33)49(46,47)24-16-27-7-4-3-5-8-27/h3-12,25-26,29H,13-24H2,1-2H3,(H3,38,39,40,41). The van der Waals surface area contributed by atoms with E-state index in [1.807, 2.05) is 48.5 Å². The van der Waals surface area contributed by atoms with E-state index in [0.717, 1.165) is 74.5 Å². The fraction of sp³-hybridized carbons (Fsp3) is 0.405. The minimum Gasteiger partial charge on any atom is -0.496 e. The highest BCUT2D eigenvalue weighted by atomic mass is 32.2. The Labute approximate surface area is 289 Å². The summed E-state index contributed by atoms with van der Waals surface area (Å²) in [6, 6.07) is 22.4. The number of piperidine rings is 1. The molecule has 0 aliphatic carbocycles. The molecule has 3 aromatic carbocycles. The molecule has 0 radical (unpaired) electrons. The molecule has 3 aliphatic heterocycles. The minimum absolute atomic E-state index is 0.0214. The molecular weight excluding hydrogens is 637 g/mol. The molecule has 258 valence electrons. The molecule has 11 nitrogen and oxygen atoms in total. The Kier molecular flexibility index (Phi) is 9.62. The molecule has 2 saturated heterocycles. The molecule has 3 N–H and O–H groups in total. The SMILES string of the molecule is COc1cc(N2CCC(N3CCN(C)CC3)CC2)ccc1-c1cnc(N)nc1Nc1cccc2c1N(S(=O)(=O)CCc1ccccc1)CC2. The van der Waals surface area contributed by atoms with Gasteiger partial charge < -0.3 is 25.6 Å². The van der Waals surface area contributed by atoms with Gasteiger partial charge in [0.15, 0.2) is 0 Å². The Morgan fingerprint density at radius 1 is 0.918 bits per heavy atom. The minimum atomic E-state index is -3.59. The molecule has 0 spiro atoms. The number of aromatic nitrogens is 2. The summed E-state index contributed by atoms with van der Waals surface area (Å²) in [5, 5.41) is 3.45. The number of fused-ring (bicyclic) bond motifs is 1. The monoisotopic (exact) mass is 682 g/mol. The Hall–Kier alpha value is -4.39. The molecule has 12 heteroatoms. The first-order valence-corrected chi connectivity index (χ1v) is 18.8. The van der Waals surface area contributed by atoms with Crippen molar-refractivity contribution >= 4 is 38.9 Å². The molecule has 3 aliphatic rings. The van der Waals surface area contributed by atoms with Gasteiger partial charge in [0, 0.05) is 80.9 Å². The van der Waals surface area contributed by atoms with Crippen molar-refractivity contribution in [2.45, 2.75) is 31.7 Å². The summed E-state index contributed by atoms with van der Waals surface area (Å²) < 4.78 is 34.9. The highest BCUT2D eigenvalue weighted by molar-refractivity contribution is 7.92. The number of benzene rings is 3. The van der Waals surface area contributed by atoms with Gasteiger partial charge in [-0.05, 0) is 62.1 Å². The molecule has 1 aromatic heterocycles. The number of hydrogen-bond acceptors (Lipinski definition) is 10. The largest absolute Gasteiger partial charge is 0.496 e. The lowest BCUT2D eigenvalue weighted by atomic mass is 10.0. The lowest BCUT2D eigenvalue weighted by Crippen LogP contribution is -2.52. The molecule has 7 rings (SSSR count). The number of para-hydroxylation sites is 1. The van der Waals surface area contributed by atoms with E-state index in [-0.39, 0.29) is 11.7 Å². The number of anilines is 5. The molecule has 0 atom stereocenters. The Bertz CT molecular complexity index is 1870. The summed E-state index contributed by atoms with van der Waals surface area (Å²) in [5.41, 5.74) is 12.0. The Morgan fingerprint density at radius 2 is 1.69 bits per heavy atom. The maximum Gasteiger partial charge on any atom is 0.235 e. The maximum atomic E-state index is 13.7. The van der Waals surface area contributed by atoms with Crippen molar-refractivity contribution < 1.29 is 13.2 Å². The first kappa shape index (κ1) is 33.1. The van der Waals surface area contributed by atoms with Crippen molar-refractivity contribution in [2.75, 3.05) is 86.0 Å². The van der Waals surface area contributed by atoms with Crippen LogP contribution in [0.25, 0.3) is 11.1 Å². The van der Waals surface area contributed by atoms with Gasteiger partial charge in [0.05, 0.1) is 24.2 Å². The smallest absolute Gasteiger partial charge is 0.235 e. The van der Waals surface area contributed by atoms with E-state index in [0.29, 0.717) is 53.9 Å². The van der Waals surface area contributed by atoms with E-state index in [9.17, 15) is 8.42 Å². The number of likely N-dealkylation sites (N-methyl/N-ethyl adjacent to an activating group) is 1. The van der Waals surface area contributed by atoms with Gasteiger partial charge in [0.25, 0.3) is 0 Å². The summed E-state index contributed by atoms with van der Waals surface area (Å²) in [4.78, 5) is 16.4. The van der Waals surface area contributed by atoms with Crippen LogP contribution in [0.4, 0.5) is 28.8 Å². The van der Waals surface area contributed by atoms with Gasteiger partial charge in [-0.15, -0.1) is 0 Å². The molecule has 0 bridgehead atoms. The second-order valence-electron chi connectivity index (χ2n) is 13.2. The molecule has 4 aromatic rings. The predicted molar refractivity (Wildman–Crippen MR) is 197 cm³/mol. The van der Waals surface area contributed by atoms with Crippen LogP contribution in [0.15, 0.2) is 72.9 Å². The second-order valence-corrected chi connectivity index (χ2v) is 15.3. The van der Waals surface area contributed by atoms with E-state index in [4.69, 9.17) is 10.5 Å². The van der Waals surface area contributed by atoms with Gasteiger partial charge in [-0.1, -0.05) is 42.5 Å². The van der Waals surface area contributed by atoms with Crippen molar-refractivity contribution in [1.29, 1.82) is 0 Å². The van der Waals surface area contributed by atoms with Crippen LogP contribution in [-0.2, 0) is 22.9 Å². The third kappa shape index (κ3) is 7.17. The van der Waals surface area contributed by atoms with Gasteiger partial charge in [0.2, 0.25) is 16.0 Å². The van der Waals surface area contributed by atoms with Crippen LogP contribution in [0.5, 0.6) is 5.75 Å². The maximum absolute atomic E-state index is 13.7. The van der Waals surface area contributed by atoms with Crippen LogP contribution >= 0.6 is 0 Å². The number of rotatable bonds is 10. The molecule has 49 heavy (non-hydrogen) atoms. The highest BCUT2D eigenvalue weighted by Gasteiger charge is 2.32. The highest BCUT2D eigenvalue weighted by Crippen LogP contribution is 2.42. The molecule has 0 unspecified atom stereocenters. The third-order valence-electron chi connectivity index (χ3n) is 10.2. The first-order chi connectivity index (χ1) is 23.8. The number of nitrogens with zero attached hydrogens (tertiary/aromatic N) is 6. The normalized spacial score (nSPS) is 17.7. The zero-order chi connectivity index (χ0) is 34.0. The summed E-state index contributed by atoms with van der Waals surface area (Å²) >= 11 is 0. The number of nitrogens with two attached hydrogens (primary N) is 1. The van der Waals surface area contributed by atoms with Crippen molar-refractivity contribution in [2.24, 2.45) is 0 Å². The Morgan fingerprint density at radius 3 is 2.45 bits per heavy atom. The van der Waals surface area contributed by atoms with E-state index >= 15 is 0 Å². The first-order valence-electron chi connectivity index (χ1n) is 17.2. The number of piperazine rings is 1. The number of nitrogens with one attached hydrogen (secondary N) is 1. The molecule has 0 saturated carbocycles. The average molecular weight is 683 g/mol. The van der Waals surface area contributed by atoms with Crippen molar-refractivity contribution in [3.63, 3.8) is 0 Å². The second kappa shape index (κ2) is 14.2. The lowest BCUT2D eigenvalue weighted by Gasteiger charge is -2.42. The summed E-state index contributed by atoms with van der Waals surface area (Å²) in [7, 11) is 0.291. The number of nitrogen functional groups attached to an aromatic ring is 1. The zero-order valence-electron chi connectivity index (χ0n) is 28.4. The van der Waals surface area contributed by atoms with Crippen LogP contribution < -0.4 is 25.0 Å². The van der Waals surface area contributed by atoms with E-state index in [1.165, 1.54) is 0 Å². The van der Waals surface area contributed by atoms with Gasteiger partial charge >= 0.3 is 0 Å². The number of methoxy groups -OCH3 is 1. The van der Waals surface area contributed by atoms with Crippen molar-refractivity contribution in [3.05, 3.63) is 84.1 Å². The molecule has 0 amide bonds. The van der Waals surface area contributed by atoms with Gasteiger partial charge in [-0.2, -0.15) is 4.98 Å². The van der Waals surface area contributed by atoms with E-state index in [1.54, 1.807) is 17.6 Å². The number of hydrogen-bond donors (Lipinski definition) is 2. The fourth-order valence-electron chi connectivity index (χ4n) is 7.39. The quantitative estimate of drug-likeness (QED) is 0.245. The summed E-state index contributed by atoms with van der Waals surface area (Å²) in [6.07, 6.45) is 5.07. The van der Waals surface area contributed by atoms with E-state index in [2.05, 4.69) is 55.2 Å². The van der Waals surface area contributed by atoms with Crippen LogP contribution in [0.3, 0.4) is 0 Å². The molecule has 4 heterocycles. The van der Waals surface area contributed by atoms with Crippen LogP contribution in [-0.4, -0.2) is 100.0 Å². The topological polar surface area (TPSA) is 120 Å². The molecular formula is C37H46N8O3S. The van der Waals surface area contributed by atoms with Crippen molar-refractivity contribution in [1.82, 2.24) is 19.8 Å². The lowest BCUT2D eigenvalue weighted by molar-refractivity contribution is 0.0982. The average Bonchev–Trinajstić information content (AvgIpc) is 3.58. The Balaban J connectivity index is 1.12. The number of sulfonamides is 1. The van der Waals surface area contributed by atoms with Crippen LogP contribution in [0, 0.1) is 0 Å². The zero-order valence-corrected chi connectivity index (χ0v) is 29.2. The summed E-state index contributed by atoms with van der Waals surface area (Å²) in [6.45, 7) is 6.98. The van der Waals surface area contributed by atoms with E-state index < -0.39 is 10.0 Å².